The Morgan fingerprint density at radius 1 is 1.37 bits per heavy atom. The lowest BCUT2D eigenvalue weighted by atomic mass is 10.0. The number of aromatic nitrogens is 2. The molecule has 102 valence electrons. The van der Waals surface area contributed by atoms with E-state index in [2.05, 4.69) is 23.0 Å². The van der Waals surface area contributed by atoms with Crippen LogP contribution < -0.4 is 10.5 Å². The number of ether oxygens (including phenoxy) is 1. The molecule has 2 aromatic rings. The molecule has 1 aliphatic carbocycles. The van der Waals surface area contributed by atoms with E-state index in [0.717, 1.165) is 29.5 Å². The Labute approximate surface area is 117 Å². The van der Waals surface area contributed by atoms with Crippen molar-refractivity contribution in [2.45, 2.75) is 44.6 Å². The minimum atomic E-state index is -0.166. The van der Waals surface area contributed by atoms with Crippen molar-refractivity contribution in [2.24, 2.45) is 5.73 Å². The molecule has 1 saturated carbocycles. The maximum Gasteiger partial charge on any atom is 0.225 e. The normalized spacial score (nSPS) is 18.0. The summed E-state index contributed by atoms with van der Waals surface area (Å²) in [5, 5.41) is 1.02. The van der Waals surface area contributed by atoms with Crippen molar-refractivity contribution >= 4 is 21.6 Å². The van der Waals surface area contributed by atoms with Crippen LogP contribution in [0.2, 0.25) is 0 Å². The zero-order chi connectivity index (χ0) is 13.3. The van der Waals surface area contributed by atoms with Gasteiger partial charge in [-0.2, -0.15) is 0 Å². The smallest absolute Gasteiger partial charge is 0.225 e. The molecule has 0 aliphatic heterocycles. The fraction of sp³-hybridized carbons (Fsp3) is 0.571. The Balaban J connectivity index is 1.82. The minimum Gasteiger partial charge on any atom is -0.475 e. The highest BCUT2D eigenvalue weighted by atomic mass is 32.1. The van der Waals surface area contributed by atoms with Crippen LogP contribution in [0, 0.1) is 0 Å². The molecule has 1 fully saturated rings. The van der Waals surface area contributed by atoms with Crippen molar-refractivity contribution in [3.63, 3.8) is 0 Å². The number of rotatable bonds is 4. The van der Waals surface area contributed by atoms with E-state index in [1.54, 1.807) is 17.7 Å². The molecule has 2 aromatic heterocycles. The standard InChI is InChI=1S/C14H19N3OS/c1-2-10-7-11-12(16-9-17-13(11)19-10)18-8-14(15)5-3-4-6-14/h7,9H,2-6,8,15H2,1H3. The van der Waals surface area contributed by atoms with Crippen molar-refractivity contribution in [1.82, 2.24) is 9.97 Å². The Bertz CT molecular complexity index is 575. The van der Waals surface area contributed by atoms with E-state index in [-0.39, 0.29) is 5.54 Å². The van der Waals surface area contributed by atoms with E-state index in [4.69, 9.17) is 10.5 Å². The van der Waals surface area contributed by atoms with Crippen LogP contribution in [0.5, 0.6) is 5.88 Å². The van der Waals surface area contributed by atoms with E-state index in [0.29, 0.717) is 12.5 Å². The summed E-state index contributed by atoms with van der Waals surface area (Å²) in [5.41, 5.74) is 6.15. The van der Waals surface area contributed by atoms with Gasteiger partial charge in [-0.15, -0.1) is 11.3 Å². The van der Waals surface area contributed by atoms with Crippen molar-refractivity contribution in [3.05, 3.63) is 17.3 Å². The van der Waals surface area contributed by atoms with Gasteiger partial charge in [-0.1, -0.05) is 19.8 Å². The first-order chi connectivity index (χ1) is 9.20. The second kappa shape index (κ2) is 5.06. The van der Waals surface area contributed by atoms with Gasteiger partial charge in [-0.05, 0) is 25.3 Å². The van der Waals surface area contributed by atoms with Gasteiger partial charge in [0.05, 0.1) is 10.9 Å². The van der Waals surface area contributed by atoms with Crippen LogP contribution >= 0.6 is 11.3 Å². The van der Waals surface area contributed by atoms with Gasteiger partial charge in [-0.3, -0.25) is 0 Å². The van der Waals surface area contributed by atoms with E-state index >= 15 is 0 Å². The van der Waals surface area contributed by atoms with Crippen LogP contribution in [-0.2, 0) is 6.42 Å². The molecule has 5 heteroatoms. The topological polar surface area (TPSA) is 61.0 Å². The third-order valence-electron chi connectivity index (χ3n) is 3.79. The number of thiophene rings is 1. The number of hydrogen-bond donors (Lipinski definition) is 1. The average Bonchev–Trinajstić information content (AvgIpc) is 3.02. The zero-order valence-corrected chi connectivity index (χ0v) is 12.0. The predicted molar refractivity (Wildman–Crippen MR) is 77.7 cm³/mol. The quantitative estimate of drug-likeness (QED) is 0.933. The highest BCUT2D eigenvalue weighted by molar-refractivity contribution is 7.18. The Morgan fingerprint density at radius 3 is 2.89 bits per heavy atom. The fourth-order valence-corrected chi connectivity index (χ4v) is 3.53. The molecular weight excluding hydrogens is 258 g/mol. The summed E-state index contributed by atoms with van der Waals surface area (Å²) < 4.78 is 5.89. The second-order valence-electron chi connectivity index (χ2n) is 5.32. The monoisotopic (exact) mass is 277 g/mol. The average molecular weight is 277 g/mol. The lowest BCUT2D eigenvalue weighted by Crippen LogP contribution is -2.42. The van der Waals surface area contributed by atoms with Gasteiger partial charge in [0.2, 0.25) is 5.88 Å². The second-order valence-corrected chi connectivity index (χ2v) is 6.44. The van der Waals surface area contributed by atoms with E-state index in [1.807, 2.05) is 0 Å². The number of fused-ring (bicyclic) bond motifs is 1. The van der Waals surface area contributed by atoms with Gasteiger partial charge >= 0.3 is 0 Å². The Morgan fingerprint density at radius 2 is 2.16 bits per heavy atom. The largest absolute Gasteiger partial charge is 0.475 e. The summed E-state index contributed by atoms with van der Waals surface area (Å²) in [4.78, 5) is 10.9. The third kappa shape index (κ3) is 2.58. The van der Waals surface area contributed by atoms with Crippen LogP contribution in [-0.4, -0.2) is 22.1 Å². The van der Waals surface area contributed by atoms with Gasteiger partial charge in [0.15, 0.2) is 0 Å². The highest BCUT2D eigenvalue weighted by Crippen LogP contribution is 2.32. The molecule has 4 nitrogen and oxygen atoms in total. The van der Waals surface area contributed by atoms with Crippen molar-refractivity contribution in [3.8, 4) is 5.88 Å². The molecule has 0 radical (unpaired) electrons. The Hall–Kier alpha value is -1.20. The summed E-state index contributed by atoms with van der Waals surface area (Å²) >= 11 is 1.71. The van der Waals surface area contributed by atoms with E-state index in [9.17, 15) is 0 Å². The van der Waals surface area contributed by atoms with Crippen molar-refractivity contribution in [2.75, 3.05) is 6.61 Å². The zero-order valence-electron chi connectivity index (χ0n) is 11.2. The Kier molecular flexibility index (Phi) is 3.41. The van der Waals surface area contributed by atoms with Crippen LogP contribution in [0.25, 0.3) is 10.2 Å². The lowest BCUT2D eigenvalue weighted by molar-refractivity contribution is 0.216. The van der Waals surface area contributed by atoms with Crippen molar-refractivity contribution in [1.29, 1.82) is 0 Å². The van der Waals surface area contributed by atoms with Gasteiger partial charge in [0, 0.05) is 4.88 Å². The molecule has 2 N–H and O–H groups in total. The van der Waals surface area contributed by atoms with E-state index < -0.39 is 0 Å². The molecule has 3 rings (SSSR count). The lowest BCUT2D eigenvalue weighted by Gasteiger charge is -2.23. The molecule has 0 atom stereocenters. The first kappa shape index (κ1) is 12.8. The molecule has 0 bridgehead atoms. The van der Waals surface area contributed by atoms with Crippen molar-refractivity contribution < 1.29 is 4.74 Å². The van der Waals surface area contributed by atoms with Crippen LogP contribution in [0.3, 0.4) is 0 Å². The molecule has 0 amide bonds. The number of nitrogens with zero attached hydrogens (tertiary/aromatic N) is 2. The summed E-state index contributed by atoms with van der Waals surface area (Å²) in [5.74, 6) is 0.678. The van der Waals surface area contributed by atoms with E-state index in [1.165, 1.54) is 17.7 Å². The molecule has 2 heterocycles. The van der Waals surface area contributed by atoms with Gasteiger partial charge in [0.25, 0.3) is 0 Å². The molecular formula is C14H19N3OS. The SMILES string of the molecule is CCc1cc2c(OCC3(N)CCCC3)ncnc2s1. The molecule has 0 unspecified atom stereocenters. The summed E-state index contributed by atoms with van der Waals surface area (Å²) in [6, 6.07) is 2.13. The first-order valence-electron chi connectivity index (χ1n) is 6.85. The maximum absolute atomic E-state index is 6.32. The van der Waals surface area contributed by atoms with Gasteiger partial charge in [-0.25, -0.2) is 9.97 Å². The summed E-state index contributed by atoms with van der Waals surface area (Å²) in [6.07, 6.45) is 7.10. The summed E-state index contributed by atoms with van der Waals surface area (Å²) in [6.45, 7) is 2.70. The molecule has 0 saturated heterocycles. The van der Waals surface area contributed by atoms with Gasteiger partial charge in [0.1, 0.15) is 17.8 Å². The van der Waals surface area contributed by atoms with Gasteiger partial charge < -0.3 is 10.5 Å². The molecule has 0 spiro atoms. The summed E-state index contributed by atoms with van der Waals surface area (Å²) in [7, 11) is 0. The van der Waals surface area contributed by atoms with Crippen LogP contribution in [0.4, 0.5) is 0 Å². The van der Waals surface area contributed by atoms with Crippen LogP contribution in [0.1, 0.15) is 37.5 Å². The number of hydrogen-bond acceptors (Lipinski definition) is 5. The molecule has 0 aromatic carbocycles. The number of aryl methyl sites for hydroxylation is 1. The first-order valence-corrected chi connectivity index (χ1v) is 7.67. The highest BCUT2D eigenvalue weighted by Gasteiger charge is 2.30. The molecule has 19 heavy (non-hydrogen) atoms. The fourth-order valence-electron chi connectivity index (χ4n) is 2.61. The number of nitrogens with two attached hydrogens (primary N) is 1. The maximum atomic E-state index is 6.32. The van der Waals surface area contributed by atoms with Crippen LogP contribution in [0.15, 0.2) is 12.4 Å². The third-order valence-corrected chi connectivity index (χ3v) is 4.98. The minimum absolute atomic E-state index is 0.166. The predicted octanol–water partition coefficient (Wildman–Crippen LogP) is 2.90. The molecule has 1 aliphatic rings.